The van der Waals surface area contributed by atoms with E-state index in [-0.39, 0.29) is 29.9 Å². The molecule has 29 heavy (non-hydrogen) atoms. The molecule has 7 nitrogen and oxygen atoms in total. The largest absolute Gasteiger partial charge is 0.331 e. The minimum absolute atomic E-state index is 0.0623. The Balaban J connectivity index is 2.36. The Morgan fingerprint density at radius 2 is 1.83 bits per heavy atom. The number of aromatic nitrogens is 2. The molecule has 1 aromatic carbocycles. The second-order valence-electron chi connectivity index (χ2n) is 8.47. The van der Waals surface area contributed by atoms with Gasteiger partial charge in [0.1, 0.15) is 12.4 Å². The maximum absolute atomic E-state index is 12.8. The minimum Gasteiger partial charge on any atom is -0.331 e. The summed E-state index contributed by atoms with van der Waals surface area (Å²) in [5.41, 5.74) is 1.28. The van der Waals surface area contributed by atoms with Crippen LogP contribution in [0.4, 0.5) is 10.6 Å². The van der Waals surface area contributed by atoms with Crippen molar-refractivity contribution < 1.29 is 9.59 Å². The summed E-state index contributed by atoms with van der Waals surface area (Å²) < 4.78 is 1.63. The maximum atomic E-state index is 12.8. The van der Waals surface area contributed by atoms with Crippen LogP contribution in [-0.2, 0) is 10.2 Å². The topological polar surface area (TPSA) is 70.5 Å². The molecular formula is C21H30ClN5O2. The van der Waals surface area contributed by atoms with Crippen LogP contribution < -0.4 is 5.32 Å². The zero-order chi connectivity index (χ0) is 21.9. The Bertz CT molecular complexity index is 883. The third-order valence-corrected chi connectivity index (χ3v) is 4.71. The lowest BCUT2D eigenvalue weighted by Crippen LogP contribution is -2.47. The zero-order valence-electron chi connectivity index (χ0n) is 18.2. The van der Waals surface area contributed by atoms with Crippen LogP contribution in [-0.4, -0.2) is 58.2 Å². The summed E-state index contributed by atoms with van der Waals surface area (Å²) in [7, 11) is 3.33. The van der Waals surface area contributed by atoms with Gasteiger partial charge in [-0.2, -0.15) is 5.10 Å². The van der Waals surface area contributed by atoms with Crippen LogP contribution in [0.1, 0.15) is 40.3 Å². The molecule has 0 aliphatic rings. The molecule has 2 rings (SSSR count). The number of carbonyl (C=O) groups is 2. The number of anilines is 1. The molecule has 1 N–H and O–H groups in total. The highest BCUT2D eigenvalue weighted by Gasteiger charge is 2.25. The number of benzene rings is 1. The molecular weight excluding hydrogens is 390 g/mol. The van der Waals surface area contributed by atoms with Crippen LogP contribution in [0.2, 0.25) is 5.02 Å². The van der Waals surface area contributed by atoms with Crippen molar-refractivity contribution in [2.24, 2.45) is 0 Å². The van der Waals surface area contributed by atoms with Gasteiger partial charge in [-0.15, -0.1) is 0 Å². The number of para-hydroxylation sites is 1. The lowest BCUT2D eigenvalue weighted by atomic mass is 9.92. The monoisotopic (exact) mass is 419 g/mol. The van der Waals surface area contributed by atoms with Crippen LogP contribution in [0, 0.1) is 0 Å². The van der Waals surface area contributed by atoms with Gasteiger partial charge in [0.25, 0.3) is 0 Å². The summed E-state index contributed by atoms with van der Waals surface area (Å²) in [4.78, 5) is 28.1. The van der Waals surface area contributed by atoms with Crippen LogP contribution in [0.5, 0.6) is 0 Å². The van der Waals surface area contributed by atoms with Crippen molar-refractivity contribution in [2.75, 3.05) is 26.0 Å². The van der Waals surface area contributed by atoms with Gasteiger partial charge in [0, 0.05) is 31.6 Å². The fourth-order valence-corrected chi connectivity index (χ4v) is 2.92. The number of carbonyl (C=O) groups excluding carboxylic acids is 2. The highest BCUT2D eigenvalue weighted by atomic mass is 35.5. The van der Waals surface area contributed by atoms with Crippen LogP contribution >= 0.6 is 11.6 Å². The van der Waals surface area contributed by atoms with E-state index in [1.54, 1.807) is 24.8 Å². The van der Waals surface area contributed by atoms with Crippen molar-refractivity contribution in [3.63, 3.8) is 0 Å². The average molecular weight is 420 g/mol. The van der Waals surface area contributed by atoms with E-state index in [9.17, 15) is 9.59 Å². The molecule has 1 aromatic heterocycles. The molecule has 2 aromatic rings. The molecule has 0 aliphatic carbocycles. The van der Waals surface area contributed by atoms with E-state index < -0.39 is 0 Å². The summed E-state index contributed by atoms with van der Waals surface area (Å²) in [5.74, 6) is 0.205. The highest BCUT2D eigenvalue weighted by molar-refractivity contribution is 6.32. The Hall–Kier alpha value is -2.54. The molecule has 0 aliphatic heterocycles. The van der Waals surface area contributed by atoms with Crippen molar-refractivity contribution in [1.82, 2.24) is 19.6 Å². The third-order valence-electron chi connectivity index (χ3n) is 4.39. The lowest BCUT2D eigenvalue weighted by Gasteiger charge is -2.29. The second-order valence-corrected chi connectivity index (χ2v) is 8.88. The third kappa shape index (κ3) is 5.50. The fourth-order valence-electron chi connectivity index (χ4n) is 2.71. The van der Waals surface area contributed by atoms with Crippen LogP contribution in [0.3, 0.4) is 0 Å². The zero-order valence-corrected chi connectivity index (χ0v) is 18.9. The van der Waals surface area contributed by atoms with Crippen molar-refractivity contribution in [3.8, 4) is 5.69 Å². The van der Waals surface area contributed by atoms with Gasteiger partial charge in [-0.1, -0.05) is 44.5 Å². The first-order valence-corrected chi connectivity index (χ1v) is 9.93. The molecule has 0 saturated carbocycles. The van der Waals surface area contributed by atoms with Gasteiger partial charge in [-0.05, 0) is 26.0 Å². The SMILES string of the molecule is CC(C)N(CC(=O)Nc1cc(C(C)(C)C)nn1-c1ccccc1Cl)C(=O)N(C)C. The Labute approximate surface area is 177 Å². The molecule has 0 fully saturated rings. The van der Waals surface area contributed by atoms with E-state index in [1.807, 2.05) is 58.9 Å². The van der Waals surface area contributed by atoms with Crippen molar-refractivity contribution in [3.05, 3.63) is 41.0 Å². The molecule has 8 heteroatoms. The van der Waals surface area contributed by atoms with Crippen molar-refractivity contribution >= 4 is 29.4 Å². The van der Waals surface area contributed by atoms with Gasteiger partial charge >= 0.3 is 6.03 Å². The Kier molecular flexibility index (Phi) is 6.95. The number of hydrogen-bond acceptors (Lipinski definition) is 3. The van der Waals surface area contributed by atoms with Gasteiger partial charge in [-0.25, -0.2) is 9.48 Å². The quantitative estimate of drug-likeness (QED) is 0.791. The Morgan fingerprint density at radius 3 is 2.34 bits per heavy atom. The number of nitrogens with zero attached hydrogens (tertiary/aromatic N) is 4. The lowest BCUT2D eigenvalue weighted by molar-refractivity contribution is -0.117. The number of amides is 3. The number of rotatable bonds is 5. The van der Waals surface area contributed by atoms with E-state index in [0.717, 1.165) is 5.69 Å². The standard InChI is InChI=1S/C21H30ClN5O2/c1-14(2)26(20(29)25(6)7)13-19(28)23-18-12-17(21(3,4)5)24-27(18)16-11-9-8-10-15(16)22/h8-12,14H,13H2,1-7H3,(H,23,28). The maximum Gasteiger partial charge on any atom is 0.320 e. The van der Waals surface area contributed by atoms with Gasteiger partial charge in [0.15, 0.2) is 0 Å². The predicted octanol–water partition coefficient (Wildman–Crippen LogP) is 4.15. The van der Waals surface area contributed by atoms with Crippen LogP contribution in [0.15, 0.2) is 30.3 Å². The first-order chi connectivity index (χ1) is 13.4. The number of nitrogens with one attached hydrogen (secondary N) is 1. The minimum atomic E-state index is -0.303. The first-order valence-electron chi connectivity index (χ1n) is 9.55. The summed E-state index contributed by atoms with van der Waals surface area (Å²) in [6.45, 7) is 9.84. The van der Waals surface area contributed by atoms with Crippen molar-refractivity contribution in [2.45, 2.75) is 46.1 Å². The number of urea groups is 1. The van der Waals surface area contributed by atoms with E-state index in [4.69, 9.17) is 11.6 Å². The molecule has 0 saturated heterocycles. The molecule has 0 spiro atoms. The normalized spacial score (nSPS) is 11.5. The number of halogens is 1. The smallest absolute Gasteiger partial charge is 0.320 e. The summed E-state index contributed by atoms with van der Waals surface area (Å²) in [6.07, 6.45) is 0. The van der Waals surface area contributed by atoms with Crippen molar-refractivity contribution in [1.29, 1.82) is 0 Å². The molecule has 1 heterocycles. The molecule has 158 valence electrons. The molecule has 0 radical (unpaired) electrons. The second kappa shape index (κ2) is 8.86. The fraction of sp³-hybridized carbons (Fsp3) is 0.476. The average Bonchev–Trinajstić information content (AvgIpc) is 3.03. The van der Waals surface area contributed by atoms with E-state index in [1.165, 1.54) is 9.80 Å². The molecule has 0 atom stereocenters. The highest BCUT2D eigenvalue weighted by Crippen LogP contribution is 2.29. The van der Waals surface area contributed by atoms with Gasteiger partial charge in [0.05, 0.1) is 16.4 Å². The van der Waals surface area contributed by atoms with Gasteiger partial charge < -0.3 is 15.1 Å². The first kappa shape index (κ1) is 22.7. The van der Waals surface area contributed by atoms with Gasteiger partial charge in [-0.3, -0.25) is 4.79 Å². The summed E-state index contributed by atoms with van der Waals surface area (Å²) in [5, 5.41) is 8.10. The van der Waals surface area contributed by atoms with Crippen LogP contribution in [0.25, 0.3) is 5.69 Å². The summed E-state index contributed by atoms with van der Waals surface area (Å²) >= 11 is 6.36. The molecule has 0 unspecified atom stereocenters. The predicted molar refractivity (Wildman–Crippen MR) is 117 cm³/mol. The van der Waals surface area contributed by atoms with E-state index in [0.29, 0.717) is 16.5 Å². The molecule has 3 amide bonds. The number of hydrogen-bond donors (Lipinski definition) is 1. The molecule has 0 bridgehead atoms. The van der Waals surface area contributed by atoms with E-state index in [2.05, 4.69) is 10.4 Å². The van der Waals surface area contributed by atoms with Gasteiger partial charge in [0.2, 0.25) is 5.91 Å². The van der Waals surface area contributed by atoms with E-state index >= 15 is 0 Å². The summed E-state index contributed by atoms with van der Waals surface area (Å²) in [6, 6.07) is 8.83. The Morgan fingerprint density at radius 1 is 1.21 bits per heavy atom.